The molecule has 32 heavy (non-hydrogen) atoms. The fraction of sp³-hybridized carbons (Fsp3) is 0.0435. The van der Waals surface area contributed by atoms with Crippen molar-refractivity contribution >= 4 is 51.5 Å². The molecule has 0 atom stereocenters. The number of carbonyl (C=O) groups excluding carboxylic acids is 1. The van der Waals surface area contributed by atoms with Crippen LogP contribution in [0.1, 0.15) is 15.9 Å². The zero-order chi connectivity index (χ0) is 22.9. The van der Waals surface area contributed by atoms with Crippen molar-refractivity contribution in [2.45, 2.75) is 6.18 Å². The smallest absolute Gasteiger partial charge is 0.416 e. The summed E-state index contributed by atoms with van der Waals surface area (Å²) in [6.45, 7) is 0. The molecule has 0 saturated carbocycles. The maximum Gasteiger partial charge on any atom is 0.416 e. The zero-order valence-corrected chi connectivity index (χ0v) is 17.6. The van der Waals surface area contributed by atoms with Gasteiger partial charge in [-0.25, -0.2) is 4.99 Å². The lowest BCUT2D eigenvalue weighted by molar-refractivity contribution is -0.137. The highest BCUT2D eigenvalue weighted by atomic mass is 35.5. The minimum Gasteiger partial charge on any atom is -0.436 e. The summed E-state index contributed by atoms with van der Waals surface area (Å²) in [6, 6.07) is 17.5. The summed E-state index contributed by atoms with van der Waals surface area (Å²) in [4.78, 5) is 17.2. The Morgan fingerprint density at radius 3 is 2.28 bits per heavy atom. The number of rotatable bonds is 3. The second-order valence-electron chi connectivity index (χ2n) is 6.75. The molecular weight excluding hydrogens is 464 g/mol. The van der Waals surface area contributed by atoms with Crippen LogP contribution in [0.3, 0.4) is 0 Å². The van der Waals surface area contributed by atoms with E-state index in [2.05, 4.69) is 10.3 Å². The van der Waals surface area contributed by atoms with E-state index in [0.717, 1.165) is 12.1 Å². The second-order valence-corrected chi connectivity index (χ2v) is 7.59. The summed E-state index contributed by atoms with van der Waals surface area (Å²) in [5, 5.41) is 3.75. The van der Waals surface area contributed by atoms with Crippen molar-refractivity contribution in [3.63, 3.8) is 0 Å². The summed E-state index contributed by atoms with van der Waals surface area (Å²) in [7, 11) is 0. The lowest BCUT2D eigenvalue weighted by Crippen LogP contribution is -2.21. The van der Waals surface area contributed by atoms with Gasteiger partial charge in [0.1, 0.15) is 5.56 Å². The van der Waals surface area contributed by atoms with E-state index >= 15 is 0 Å². The number of benzene rings is 3. The third-order valence-electron chi connectivity index (χ3n) is 4.47. The minimum absolute atomic E-state index is 0.0552. The van der Waals surface area contributed by atoms with Crippen LogP contribution in [-0.2, 0) is 6.18 Å². The summed E-state index contributed by atoms with van der Waals surface area (Å²) in [5.74, 6) is -0.524. The molecule has 0 aliphatic carbocycles. The van der Waals surface area contributed by atoms with Crippen molar-refractivity contribution in [3.05, 3.63) is 99.5 Å². The average molecular weight is 477 g/mol. The van der Waals surface area contributed by atoms with E-state index < -0.39 is 17.6 Å². The number of fused-ring (bicyclic) bond motifs is 1. The third kappa shape index (κ3) is 4.79. The Kier molecular flexibility index (Phi) is 5.95. The van der Waals surface area contributed by atoms with E-state index in [9.17, 15) is 18.0 Å². The molecule has 0 aliphatic rings. The Balaban J connectivity index is 1.86. The van der Waals surface area contributed by atoms with Gasteiger partial charge in [-0.05, 0) is 54.6 Å². The third-order valence-corrected chi connectivity index (χ3v) is 4.97. The van der Waals surface area contributed by atoms with Gasteiger partial charge in [-0.15, -0.1) is 0 Å². The van der Waals surface area contributed by atoms with Crippen molar-refractivity contribution in [2.24, 2.45) is 4.99 Å². The van der Waals surface area contributed by atoms with Crippen LogP contribution in [0.4, 0.5) is 24.5 Å². The molecule has 0 bridgehead atoms. The number of amides is 1. The highest BCUT2D eigenvalue weighted by Gasteiger charge is 2.30. The van der Waals surface area contributed by atoms with Gasteiger partial charge in [0.2, 0.25) is 5.55 Å². The van der Waals surface area contributed by atoms with Crippen molar-refractivity contribution in [1.29, 1.82) is 0 Å². The predicted molar refractivity (Wildman–Crippen MR) is 117 cm³/mol. The quantitative estimate of drug-likeness (QED) is 0.338. The van der Waals surface area contributed by atoms with Crippen LogP contribution in [0.15, 0.2) is 82.2 Å². The van der Waals surface area contributed by atoms with Gasteiger partial charge in [0.15, 0.2) is 5.58 Å². The second kappa shape index (κ2) is 8.68. The Hall–Kier alpha value is -3.29. The first-order valence-electron chi connectivity index (χ1n) is 9.22. The van der Waals surface area contributed by atoms with Crippen molar-refractivity contribution in [3.8, 4) is 0 Å². The fourth-order valence-corrected chi connectivity index (χ4v) is 3.52. The Morgan fingerprint density at radius 1 is 0.938 bits per heavy atom. The number of halogens is 5. The van der Waals surface area contributed by atoms with Gasteiger partial charge < -0.3 is 9.73 Å². The first kappa shape index (κ1) is 21.9. The van der Waals surface area contributed by atoms with Gasteiger partial charge in [0.25, 0.3) is 5.91 Å². The molecule has 4 rings (SSSR count). The molecule has 0 radical (unpaired) electrons. The van der Waals surface area contributed by atoms with Crippen LogP contribution in [0.2, 0.25) is 10.0 Å². The van der Waals surface area contributed by atoms with E-state index in [1.165, 1.54) is 24.3 Å². The molecule has 3 aromatic carbocycles. The normalized spacial score (nSPS) is 12.2. The molecule has 162 valence electrons. The molecule has 1 amide bonds. The molecule has 1 N–H and O–H groups in total. The minimum atomic E-state index is -4.47. The Bertz CT molecular complexity index is 1370. The van der Waals surface area contributed by atoms with E-state index in [-0.39, 0.29) is 27.4 Å². The van der Waals surface area contributed by atoms with Gasteiger partial charge in [0, 0.05) is 16.1 Å². The average Bonchev–Trinajstić information content (AvgIpc) is 2.74. The summed E-state index contributed by atoms with van der Waals surface area (Å²) < 4.78 is 44.3. The summed E-state index contributed by atoms with van der Waals surface area (Å²) in [5.41, 5.74) is 0.0706. The highest BCUT2D eigenvalue weighted by molar-refractivity contribution is 6.38. The number of para-hydroxylation sites is 1. The lowest BCUT2D eigenvalue weighted by atomic mass is 10.1. The van der Waals surface area contributed by atoms with E-state index in [4.69, 9.17) is 27.6 Å². The molecular formula is C23H13Cl2F3N2O2. The number of nitrogens with zero attached hydrogens (tertiary/aromatic N) is 1. The standard InChI is InChI=1S/C23H13Cl2F3N2O2/c24-15-10-13-11-18(21(31)29-16-4-2-1-3-5-16)22(32-20(13)19(25)12-15)30-17-8-6-14(7-9-17)23(26,27)28/h1-12H,(H,29,31). The molecule has 4 aromatic rings. The van der Waals surface area contributed by atoms with Gasteiger partial charge in [-0.1, -0.05) is 41.4 Å². The number of hydrogen-bond acceptors (Lipinski definition) is 3. The van der Waals surface area contributed by atoms with Crippen molar-refractivity contribution in [2.75, 3.05) is 5.32 Å². The van der Waals surface area contributed by atoms with Gasteiger partial charge >= 0.3 is 6.18 Å². The lowest BCUT2D eigenvalue weighted by Gasteiger charge is -2.08. The van der Waals surface area contributed by atoms with Gasteiger partial charge in [-0.2, -0.15) is 13.2 Å². The van der Waals surface area contributed by atoms with Crippen LogP contribution in [0.5, 0.6) is 0 Å². The first-order valence-corrected chi connectivity index (χ1v) is 9.97. The number of anilines is 1. The van der Waals surface area contributed by atoms with E-state index in [1.807, 2.05) is 0 Å². The number of nitrogens with one attached hydrogen (secondary N) is 1. The number of carbonyl (C=O) groups is 1. The van der Waals surface area contributed by atoms with Crippen LogP contribution in [-0.4, -0.2) is 5.91 Å². The van der Waals surface area contributed by atoms with E-state index in [1.54, 1.807) is 36.4 Å². The zero-order valence-electron chi connectivity index (χ0n) is 16.1. The molecule has 0 unspecified atom stereocenters. The number of alkyl halides is 3. The molecule has 0 saturated heterocycles. The van der Waals surface area contributed by atoms with Crippen LogP contribution in [0.25, 0.3) is 11.0 Å². The molecule has 1 heterocycles. The van der Waals surface area contributed by atoms with Crippen molar-refractivity contribution < 1.29 is 22.4 Å². The molecule has 4 nitrogen and oxygen atoms in total. The highest BCUT2D eigenvalue weighted by Crippen LogP contribution is 2.31. The number of hydrogen-bond donors (Lipinski definition) is 1. The van der Waals surface area contributed by atoms with Crippen LogP contribution >= 0.6 is 23.2 Å². The Labute approximate surface area is 189 Å². The molecule has 0 aliphatic heterocycles. The fourth-order valence-electron chi connectivity index (χ4n) is 2.97. The van der Waals surface area contributed by atoms with Crippen LogP contribution in [0, 0.1) is 0 Å². The first-order chi connectivity index (χ1) is 15.2. The maximum atomic E-state index is 13.0. The summed E-state index contributed by atoms with van der Waals surface area (Å²) >= 11 is 12.3. The topological polar surface area (TPSA) is 54.6 Å². The van der Waals surface area contributed by atoms with Gasteiger partial charge in [-0.3, -0.25) is 4.79 Å². The molecule has 9 heteroatoms. The van der Waals surface area contributed by atoms with E-state index in [0.29, 0.717) is 16.1 Å². The maximum absolute atomic E-state index is 13.0. The Morgan fingerprint density at radius 2 is 1.62 bits per heavy atom. The molecule has 0 spiro atoms. The monoisotopic (exact) mass is 476 g/mol. The summed E-state index contributed by atoms with van der Waals surface area (Å²) in [6.07, 6.45) is -4.47. The van der Waals surface area contributed by atoms with Gasteiger partial charge in [0.05, 0.1) is 16.3 Å². The molecule has 1 aromatic heterocycles. The molecule has 0 fully saturated rings. The van der Waals surface area contributed by atoms with Crippen LogP contribution < -0.4 is 10.9 Å². The SMILES string of the molecule is O=C(Nc1ccccc1)c1cc2cc(Cl)cc(Cl)c2oc1=Nc1ccc(C(F)(F)F)cc1. The predicted octanol–water partition coefficient (Wildman–Crippen LogP) is 7.24. The largest absolute Gasteiger partial charge is 0.436 e. The van der Waals surface area contributed by atoms with Crippen molar-refractivity contribution in [1.82, 2.24) is 0 Å².